The fraction of sp³-hybridized carbons (Fsp3) is 0.850. The van der Waals surface area contributed by atoms with Crippen LogP contribution in [0.2, 0.25) is 0 Å². The first kappa shape index (κ1) is 17.0. The number of carboxylic acid groups (broad SMARTS) is 1. The van der Waals surface area contributed by atoms with Gasteiger partial charge < -0.3 is 10.0 Å². The molecule has 138 valence electrons. The third-order valence-corrected chi connectivity index (χ3v) is 8.68. The number of hydrogen-bond acceptors (Lipinski definition) is 3. The van der Waals surface area contributed by atoms with E-state index in [9.17, 15) is 19.5 Å². The lowest BCUT2D eigenvalue weighted by atomic mass is 9.46. The van der Waals surface area contributed by atoms with Gasteiger partial charge in [0.1, 0.15) is 5.78 Å². The summed E-state index contributed by atoms with van der Waals surface area (Å²) >= 11 is 0. The lowest BCUT2D eigenvalue weighted by Gasteiger charge is -2.60. The lowest BCUT2D eigenvalue weighted by molar-refractivity contribution is -0.170. The van der Waals surface area contributed by atoms with Crippen LogP contribution in [0.4, 0.5) is 0 Å². The van der Waals surface area contributed by atoms with Crippen molar-refractivity contribution in [1.82, 2.24) is 4.90 Å². The molecule has 4 fully saturated rings. The first-order valence-electron chi connectivity index (χ1n) is 9.71. The van der Waals surface area contributed by atoms with Gasteiger partial charge in [0, 0.05) is 31.8 Å². The topological polar surface area (TPSA) is 74.7 Å². The van der Waals surface area contributed by atoms with Crippen molar-refractivity contribution in [1.29, 1.82) is 0 Å². The van der Waals surface area contributed by atoms with Crippen molar-refractivity contribution in [3.63, 3.8) is 0 Å². The van der Waals surface area contributed by atoms with Crippen LogP contribution in [0, 0.1) is 34.5 Å². The van der Waals surface area contributed by atoms with Gasteiger partial charge in [-0.1, -0.05) is 13.8 Å². The lowest BCUT2D eigenvalue weighted by Crippen LogP contribution is -2.64. The number of aliphatic carboxylic acids is 1. The van der Waals surface area contributed by atoms with E-state index in [4.69, 9.17) is 0 Å². The largest absolute Gasteiger partial charge is 0.481 e. The maximum absolute atomic E-state index is 13.2. The molecule has 4 rings (SSSR count). The Bertz CT molecular complexity index is 646. The van der Waals surface area contributed by atoms with E-state index in [0.29, 0.717) is 25.2 Å². The van der Waals surface area contributed by atoms with E-state index in [1.807, 2.05) is 11.9 Å². The Morgan fingerprint density at radius 2 is 1.76 bits per heavy atom. The standard InChI is InChI=1S/C20H29NO4/c1-19-8-6-12-17(11(19)4-5-13(19)18(24)25)14(22)10-15-20(12,2)9-7-16(23)21(15)3/h11-13,15,17H,4-10H2,1-3H3,(H,24,25)/t11-,12-,13+,15+,17-,19-,20+/m0/s1. The Morgan fingerprint density at radius 1 is 1.08 bits per heavy atom. The molecular weight excluding hydrogens is 318 g/mol. The van der Waals surface area contributed by atoms with Crippen LogP contribution in [0.25, 0.3) is 0 Å². The van der Waals surface area contributed by atoms with Crippen molar-refractivity contribution in [2.24, 2.45) is 34.5 Å². The number of carboxylic acids is 1. The van der Waals surface area contributed by atoms with Crippen molar-refractivity contribution >= 4 is 17.7 Å². The molecule has 1 N–H and O–H groups in total. The molecule has 0 aromatic carbocycles. The van der Waals surface area contributed by atoms with Crippen LogP contribution in [0.1, 0.15) is 58.8 Å². The Morgan fingerprint density at radius 3 is 2.44 bits per heavy atom. The molecule has 1 aliphatic heterocycles. The van der Waals surface area contributed by atoms with E-state index in [-0.39, 0.29) is 46.3 Å². The van der Waals surface area contributed by atoms with Crippen LogP contribution < -0.4 is 0 Å². The van der Waals surface area contributed by atoms with Crippen molar-refractivity contribution in [3.05, 3.63) is 0 Å². The van der Waals surface area contributed by atoms with Crippen molar-refractivity contribution in [2.45, 2.75) is 64.8 Å². The van der Waals surface area contributed by atoms with Crippen LogP contribution in [-0.4, -0.2) is 40.8 Å². The Labute approximate surface area is 149 Å². The number of hydrogen-bond donors (Lipinski definition) is 1. The monoisotopic (exact) mass is 347 g/mol. The third kappa shape index (κ3) is 2.10. The summed E-state index contributed by atoms with van der Waals surface area (Å²) in [6.07, 6.45) is 5.25. The van der Waals surface area contributed by atoms with E-state index in [1.54, 1.807) is 0 Å². The maximum atomic E-state index is 13.2. The highest BCUT2D eigenvalue weighted by molar-refractivity contribution is 5.86. The number of rotatable bonds is 1. The molecule has 7 atom stereocenters. The summed E-state index contributed by atoms with van der Waals surface area (Å²) in [5.74, 6) is -0.102. The SMILES string of the molecule is CN1C(=O)CC[C@]2(C)[C@H]3CC[C@]4(C)[C@@H](C(=O)O)CC[C@H]4[C@@H]3C(=O)C[C@@H]12. The number of Topliss-reactive ketones (excluding diaryl/α,β-unsaturated/α-hetero) is 1. The zero-order chi connectivity index (χ0) is 18.1. The molecule has 0 unspecified atom stereocenters. The quantitative estimate of drug-likeness (QED) is 0.791. The van der Waals surface area contributed by atoms with Gasteiger partial charge >= 0.3 is 5.97 Å². The number of piperidine rings is 1. The molecule has 1 heterocycles. The van der Waals surface area contributed by atoms with Gasteiger partial charge in [-0.15, -0.1) is 0 Å². The molecule has 25 heavy (non-hydrogen) atoms. The minimum Gasteiger partial charge on any atom is -0.481 e. The van der Waals surface area contributed by atoms with Gasteiger partial charge in [-0.25, -0.2) is 0 Å². The second-order valence-electron chi connectivity index (χ2n) is 9.45. The highest BCUT2D eigenvalue weighted by Crippen LogP contribution is 2.65. The fourth-order valence-corrected chi connectivity index (χ4v) is 7.20. The van der Waals surface area contributed by atoms with Gasteiger partial charge in [0.05, 0.1) is 5.92 Å². The second-order valence-corrected chi connectivity index (χ2v) is 9.45. The highest BCUT2D eigenvalue weighted by Gasteiger charge is 2.64. The number of carbonyl (C=O) groups is 3. The molecule has 5 heteroatoms. The van der Waals surface area contributed by atoms with Crippen LogP contribution in [0.3, 0.4) is 0 Å². The smallest absolute Gasteiger partial charge is 0.307 e. The van der Waals surface area contributed by atoms with Gasteiger partial charge in [-0.05, 0) is 54.8 Å². The Kier molecular flexibility index (Phi) is 3.62. The minimum absolute atomic E-state index is 0.00838. The average molecular weight is 347 g/mol. The number of nitrogens with zero attached hydrogens (tertiary/aromatic N) is 1. The predicted molar refractivity (Wildman–Crippen MR) is 91.7 cm³/mol. The molecule has 4 aliphatic rings. The summed E-state index contributed by atoms with van der Waals surface area (Å²) in [6.45, 7) is 4.38. The van der Waals surface area contributed by atoms with E-state index in [2.05, 4.69) is 13.8 Å². The minimum atomic E-state index is -0.696. The summed E-state index contributed by atoms with van der Waals surface area (Å²) in [7, 11) is 1.85. The number of amides is 1. The van der Waals surface area contributed by atoms with E-state index in [0.717, 1.165) is 25.7 Å². The zero-order valence-corrected chi connectivity index (χ0v) is 15.5. The molecule has 0 radical (unpaired) electrons. The number of fused-ring (bicyclic) bond motifs is 5. The first-order valence-corrected chi connectivity index (χ1v) is 9.71. The maximum Gasteiger partial charge on any atom is 0.307 e. The van der Waals surface area contributed by atoms with E-state index in [1.165, 1.54) is 0 Å². The van der Waals surface area contributed by atoms with E-state index < -0.39 is 5.97 Å². The van der Waals surface area contributed by atoms with Crippen molar-refractivity contribution < 1.29 is 19.5 Å². The zero-order valence-electron chi connectivity index (χ0n) is 15.5. The van der Waals surface area contributed by atoms with Crippen LogP contribution in [0.15, 0.2) is 0 Å². The van der Waals surface area contributed by atoms with Crippen LogP contribution in [-0.2, 0) is 14.4 Å². The summed E-state index contributed by atoms with van der Waals surface area (Å²) in [5.41, 5.74) is -0.258. The average Bonchev–Trinajstić information content (AvgIpc) is 2.91. The van der Waals surface area contributed by atoms with E-state index >= 15 is 0 Å². The Balaban J connectivity index is 1.70. The van der Waals surface area contributed by atoms with Gasteiger partial charge in [0.25, 0.3) is 0 Å². The third-order valence-electron chi connectivity index (χ3n) is 8.68. The predicted octanol–water partition coefficient (Wildman–Crippen LogP) is 2.73. The number of ketones is 1. The molecule has 3 saturated carbocycles. The van der Waals surface area contributed by atoms with Gasteiger partial charge in [-0.2, -0.15) is 0 Å². The molecule has 0 spiro atoms. The van der Waals surface area contributed by atoms with Crippen LogP contribution >= 0.6 is 0 Å². The van der Waals surface area contributed by atoms with Gasteiger partial charge in [0.15, 0.2) is 0 Å². The van der Waals surface area contributed by atoms with Gasteiger partial charge in [-0.3, -0.25) is 14.4 Å². The molecule has 1 saturated heterocycles. The second kappa shape index (κ2) is 5.31. The molecule has 1 amide bonds. The summed E-state index contributed by atoms with van der Waals surface area (Å²) in [6, 6.07) is 0.0172. The molecular formula is C20H29NO4. The Hall–Kier alpha value is -1.39. The fourth-order valence-electron chi connectivity index (χ4n) is 7.20. The number of likely N-dealkylation sites (tertiary alicyclic amines) is 1. The highest BCUT2D eigenvalue weighted by atomic mass is 16.4. The summed E-state index contributed by atoms with van der Waals surface area (Å²) in [5, 5.41) is 9.65. The molecule has 3 aliphatic carbocycles. The van der Waals surface area contributed by atoms with Crippen molar-refractivity contribution in [2.75, 3.05) is 7.05 Å². The number of carbonyl (C=O) groups excluding carboxylic acids is 2. The summed E-state index contributed by atoms with van der Waals surface area (Å²) in [4.78, 5) is 38.9. The molecule has 5 nitrogen and oxygen atoms in total. The van der Waals surface area contributed by atoms with Crippen LogP contribution in [0.5, 0.6) is 0 Å². The van der Waals surface area contributed by atoms with Crippen molar-refractivity contribution in [3.8, 4) is 0 Å². The molecule has 0 aromatic rings. The first-order chi connectivity index (χ1) is 11.7. The normalized spacial score (nSPS) is 49.4. The summed E-state index contributed by atoms with van der Waals surface area (Å²) < 4.78 is 0. The van der Waals surface area contributed by atoms with Gasteiger partial charge in [0.2, 0.25) is 5.91 Å². The molecule has 0 aromatic heterocycles. The molecule has 0 bridgehead atoms.